The van der Waals surface area contributed by atoms with Crippen LogP contribution in [0.2, 0.25) is 5.02 Å². The Hall–Kier alpha value is -2.40. The fourth-order valence-corrected chi connectivity index (χ4v) is 4.21. The molecule has 2 aliphatic rings. The predicted octanol–water partition coefficient (Wildman–Crippen LogP) is 4.45. The molecular formula is C22H22ClFN2O2. The van der Waals surface area contributed by atoms with E-state index in [1.165, 1.54) is 11.6 Å². The lowest BCUT2D eigenvalue weighted by Crippen LogP contribution is -2.44. The van der Waals surface area contributed by atoms with E-state index in [2.05, 4.69) is 29.4 Å². The second-order valence-electron chi connectivity index (χ2n) is 7.39. The maximum atomic E-state index is 14.1. The summed E-state index contributed by atoms with van der Waals surface area (Å²) in [4.78, 5) is 20.0. The van der Waals surface area contributed by atoms with Gasteiger partial charge in [-0.2, -0.15) is 0 Å². The Kier molecular flexibility index (Phi) is 5.62. The van der Waals surface area contributed by atoms with E-state index in [1.54, 1.807) is 12.1 Å². The molecule has 4 rings (SSSR count). The van der Waals surface area contributed by atoms with Gasteiger partial charge in [-0.3, -0.25) is 4.79 Å². The van der Waals surface area contributed by atoms with E-state index >= 15 is 0 Å². The second-order valence-corrected chi connectivity index (χ2v) is 7.80. The summed E-state index contributed by atoms with van der Waals surface area (Å²) >= 11 is 6.10. The zero-order valence-electron chi connectivity index (χ0n) is 15.5. The highest BCUT2D eigenvalue weighted by Gasteiger charge is 2.35. The van der Waals surface area contributed by atoms with Crippen LogP contribution < -0.4 is 0 Å². The first-order valence-corrected chi connectivity index (χ1v) is 9.99. The highest BCUT2D eigenvalue weighted by Crippen LogP contribution is 2.28. The van der Waals surface area contributed by atoms with E-state index in [4.69, 9.17) is 16.4 Å². The molecule has 1 amide bonds. The zero-order chi connectivity index (χ0) is 19.5. The average Bonchev–Trinajstić information content (AvgIpc) is 3.18. The summed E-state index contributed by atoms with van der Waals surface area (Å²) in [5.74, 6) is 0.0500. The van der Waals surface area contributed by atoms with Gasteiger partial charge in [0.15, 0.2) is 0 Å². The molecule has 1 saturated heterocycles. The van der Waals surface area contributed by atoms with Crippen LogP contribution in [-0.4, -0.2) is 35.7 Å². The van der Waals surface area contributed by atoms with Crippen molar-refractivity contribution in [2.24, 2.45) is 11.1 Å². The maximum Gasteiger partial charge on any atom is 0.266 e. The van der Waals surface area contributed by atoms with Crippen molar-refractivity contribution in [3.63, 3.8) is 0 Å². The molecule has 0 aliphatic carbocycles. The topological polar surface area (TPSA) is 41.9 Å². The Morgan fingerprint density at radius 1 is 1.14 bits per heavy atom. The average molecular weight is 401 g/mol. The number of hydrogen-bond acceptors (Lipinski definition) is 3. The number of carbonyl (C=O) groups is 1. The molecule has 0 radical (unpaired) electrons. The molecule has 2 heterocycles. The van der Waals surface area contributed by atoms with Gasteiger partial charge in [0, 0.05) is 19.5 Å². The van der Waals surface area contributed by atoms with Gasteiger partial charge in [0.1, 0.15) is 5.82 Å². The van der Waals surface area contributed by atoms with Crippen molar-refractivity contribution in [2.75, 3.05) is 13.1 Å². The normalized spacial score (nSPS) is 20.0. The smallest absolute Gasteiger partial charge is 0.266 e. The van der Waals surface area contributed by atoms with E-state index in [9.17, 15) is 9.18 Å². The number of oxime groups is 1. The Morgan fingerprint density at radius 3 is 2.61 bits per heavy atom. The van der Waals surface area contributed by atoms with Crippen LogP contribution in [-0.2, 0) is 16.1 Å². The van der Waals surface area contributed by atoms with Crippen LogP contribution in [0.4, 0.5) is 4.39 Å². The predicted molar refractivity (Wildman–Crippen MR) is 107 cm³/mol. The number of halogens is 2. The molecule has 28 heavy (non-hydrogen) atoms. The quantitative estimate of drug-likeness (QED) is 0.760. The lowest BCUT2D eigenvalue weighted by Gasteiger charge is -2.33. The van der Waals surface area contributed by atoms with Gasteiger partial charge in [0.2, 0.25) is 6.10 Å². The lowest BCUT2D eigenvalue weighted by molar-refractivity contribution is -0.143. The monoisotopic (exact) mass is 400 g/mol. The molecule has 4 nitrogen and oxygen atoms in total. The highest BCUT2D eigenvalue weighted by molar-refractivity contribution is 6.34. The summed E-state index contributed by atoms with van der Waals surface area (Å²) in [6.45, 7) is 1.43. The summed E-state index contributed by atoms with van der Waals surface area (Å²) in [7, 11) is 0. The van der Waals surface area contributed by atoms with Crippen molar-refractivity contribution < 1.29 is 14.0 Å². The Morgan fingerprint density at radius 2 is 1.89 bits per heavy atom. The summed E-state index contributed by atoms with van der Waals surface area (Å²) in [6.07, 6.45) is 2.53. The summed E-state index contributed by atoms with van der Waals surface area (Å²) in [5.41, 5.74) is 1.95. The van der Waals surface area contributed by atoms with Gasteiger partial charge >= 0.3 is 0 Å². The van der Waals surface area contributed by atoms with E-state index in [0.717, 1.165) is 19.3 Å². The number of nitrogens with zero attached hydrogens (tertiary/aromatic N) is 2. The molecule has 146 valence electrons. The lowest BCUT2D eigenvalue weighted by atomic mass is 9.90. The molecule has 0 aromatic heterocycles. The maximum absolute atomic E-state index is 14.1. The van der Waals surface area contributed by atoms with Crippen LogP contribution in [0.15, 0.2) is 53.7 Å². The van der Waals surface area contributed by atoms with Crippen LogP contribution in [0.3, 0.4) is 0 Å². The number of benzene rings is 2. The number of rotatable bonds is 4. The number of piperidine rings is 1. The molecule has 0 bridgehead atoms. The standard InChI is InChI=1S/C22H22ClFN2O2/c23-17-7-4-8-18(24)21(17)19-14-20(28-25-19)22(27)26-11-9-16(10-12-26)13-15-5-2-1-3-6-15/h1-8,16,20H,9-14H2. The third-order valence-electron chi connectivity index (χ3n) is 5.49. The fraction of sp³-hybridized carbons (Fsp3) is 0.364. The Balaban J connectivity index is 1.32. The molecule has 1 atom stereocenters. The molecule has 1 fully saturated rings. The van der Waals surface area contributed by atoms with Crippen LogP contribution in [0.25, 0.3) is 0 Å². The second kappa shape index (κ2) is 8.31. The number of carbonyl (C=O) groups excluding carboxylic acids is 1. The minimum Gasteiger partial charge on any atom is -0.382 e. The third-order valence-corrected chi connectivity index (χ3v) is 5.80. The molecule has 0 N–H and O–H groups in total. The van der Waals surface area contributed by atoms with Crippen molar-refractivity contribution in [3.05, 3.63) is 70.5 Å². The van der Waals surface area contributed by atoms with Crippen molar-refractivity contribution in [3.8, 4) is 0 Å². The van der Waals surface area contributed by atoms with E-state index in [-0.39, 0.29) is 22.9 Å². The van der Waals surface area contributed by atoms with Gasteiger partial charge in [0.25, 0.3) is 5.91 Å². The molecular weight excluding hydrogens is 379 g/mol. The largest absolute Gasteiger partial charge is 0.382 e. The van der Waals surface area contributed by atoms with Crippen molar-refractivity contribution >= 4 is 23.2 Å². The van der Waals surface area contributed by atoms with Gasteiger partial charge < -0.3 is 9.74 Å². The first-order valence-electron chi connectivity index (χ1n) is 9.61. The van der Waals surface area contributed by atoms with E-state index < -0.39 is 11.9 Å². The van der Waals surface area contributed by atoms with Gasteiger partial charge in [-0.15, -0.1) is 0 Å². The minimum absolute atomic E-state index is 0.0793. The van der Waals surface area contributed by atoms with Gasteiger partial charge in [-0.05, 0) is 42.9 Å². The molecule has 1 unspecified atom stereocenters. The van der Waals surface area contributed by atoms with Crippen LogP contribution >= 0.6 is 11.6 Å². The first-order chi connectivity index (χ1) is 13.6. The van der Waals surface area contributed by atoms with Gasteiger partial charge in [-0.1, -0.05) is 53.2 Å². The molecule has 0 saturated carbocycles. The third kappa shape index (κ3) is 4.04. The van der Waals surface area contributed by atoms with Crippen molar-refractivity contribution in [1.82, 2.24) is 4.90 Å². The molecule has 2 aromatic carbocycles. The Bertz CT molecular complexity index is 859. The molecule has 2 aliphatic heterocycles. The molecule has 0 spiro atoms. The SMILES string of the molecule is O=C(C1CC(c2c(F)cccc2Cl)=NO1)N1CCC(Cc2ccccc2)CC1. The first kappa shape index (κ1) is 18.9. The molecule has 6 heteroatoms. The summed E-state index contributed by atoms with van der Waals surface area (Å²) in [5, 5.41) is 4.22. The molecule has 2 aromatic rings. The highest BCUT2D eigenvalue weighted by atomic mass is 35.5. The Labute approximate surface area is 168 Å². The van der Waals surface area contributed by atoms with Crippen molar-refractivity contribution in [2.45, 2.75) is 31.8 Å². The number of hydrogen-bond donors (Lipinski definition) is 0. The van der Waals surface area contributed by atoms with Gasteiger partial charge in [-0.25, -0.2) is 4.39 Å². The summed E-state index contributed by atoms with van der Waals surface area (Å²) < 4.78 is 14.1. The van der Waals surface area contributed by atoms with Crippen molar-refractivity contribution in [1.29, 1.82) is 0 Å². The fourth-order valence-electron chi connectivity index (χ4n) is 3.94. The van der Waals surface area contributed by atoms with E-state index in [1.807, 2.05) is 11.0 Å². The van der Waals surface area contributed by atoms with Crippen LogP contribution in [0.1, 0.15) is 30.4 Å². The number of likely N-dealkylation sites (tertiary alicyclic amines) is 1. The van der Waals surface area contributed by atoms with Crippen LogP contribution in [0.5, 0.6) is 0 Å². The number of amides is 1. The van der Waals surface area contributed by atoms with Crippen LogP contribution in [0, 0.1) is 11.7 Å². The van der Waals surface area contributed by atoms with Gasteiger partial charge in [0.05, 0.1) is 16.3 Å². The minimum atomic E-state index is -0.698. The zero-order valence-corrected chi connectivity index (χ0v) is 16.2. The summed E-state index contributed by atoms with van der Waals surface area (Å²) in [6, 6.07) is 14.9. The van der Waals surface area contributed by atoms with E-state index in [0.29, 0.717) is 24.7 Å².